The number of halogens is 1. The highest BCUT2D eigenvalue weighted by molar-refractivity contribution is 14.1. The van der Waals surface area contributed by atoms with E-state index in [2.05, 4.69) is 32.6 Å². The Morgan fingerprint density at radius 3 is 2.55 bits per heavy atom. The third-order valence-electron chi connectivity index (χ3n) is 4.35. The van der Waals surface area contributed by atoms with E-state index in [9.17, 15) is 9.59 Å². The van der Waals surface area contributed by atoms with Gasteiger partial charge in [0.2, 0.25) is 0 Å². The van der Waals surface area contributed by atoms with Crippen LogP contribution in [0, 0.1) is 3.70 Å². The Morgan fingerprint density at radius 2 is 1.93 bits per heavy atom. The Bertz CT molecular complexity index is 850. The summed E-state index contributed by atoms with van der Waals surface area (Å²) in [6.45, 7) is 6.64. The lowest BCUT2D eigenvalue weighted by Crippen LogP contribution is -2.53. The normalized spacial score (nSPS) is 17.2. The number of piperazine rings is 1. The van der Waals surface area contributed by atoms with Crippen molar-refractivity contribution in [1.82, 2.24) is 19.8 Å². The molecule has 29 heavy (non-hydrogen) atoms. The van der Waals surface area contributed by atoms with E-state index in [-0.39, 0.29) is 13.2 Å². The molecule has 0 saturated carbocycles. The van der Waals surface area contributed by atoms with Crippen molar-refractivity contribution in [3.05, 3.63) is 51.6 Å². The highest BCUT2D eigenvalue weighted by Crippen LogP contribution is 2.26. The Balaban J connectivity index is 1.72. The summed E-state index contributed by atoms with van der Waals surface area (Å²) in [5.74, 6) is 0.610. The zero-order valence-electron chi connectivity index (χ0n) is 16.7. The molecule has 1 aliphatic rings. The molecule has 156 valence electrons. The van der Waals surface area contributed by atoms with Crippen LogP contribution in [-0.2, 0) is 16.1 Å². The Hall–Kier alpha value is -2.30. The summed E-state index contributed by atoms with van der Waals surface area (Å²) in [5.41, 5.74) is 0.329. The van der Waals surface area contributed by atoms with Gasteiger partial charge in [-0.2, -0.15) is 0 Å². The number of nitrogens with one attached hydrogen (secondary N) is 1. The number of carbonyl (C=O) groups is 2. The third kappa shape index (κ3) is 5.84. The highest BCUT2D eigenvalue weighted by Gasteiger charge is 2.37. The van der Waals surface area contributed by atoms with Gasteiger partial charge in [-0.1, -0.05) is 30.3 Å². The minimum Gasteiger partial charge on any atom is -0.445 e. The largest absolute Gasteiger partial charge is 0.445 e. The number of H-pyrrole nitrogens is 1. The molecule has 0 radical (unpaired) electrons. The summed E-state index contributed by atoms with van der Waals surface area (Å²) < 4.78 is 11.9. The first kappa shape index (κ1) is 21.4. The van der Waals surface area contributed by atoms with Crippen LogP contribution in [0.1, 0.15) is 38.2 Å². The summed E-state index contributed by atoms with van der Waals surface area (Å²) in [7, 11) is 0. The lowest BCUT2D eigenvalue weighted by molar-refractivity contribution is -0.000146. The smallest absolute Gasteiger partial charge is 0.410 e. The molecule has 1 unspecified atom stereocenters. The number of amides is 2. The molecule has 1 aromatic heterocycles. The molecule has 9 heteroatoms. The van der Waals surface area contributed by atoms with E-state index in [0.29, 0.717) is 18.9 Å². The second-order valence-corrected chi connectivity index (χ2v) is 8.95. The van der Waals surface area contributed by atoms with Gasteiger partial charge in [-0.05, 0) is 48.9 Å². The first-order valence-corrected chi connectivity index (χ1v) is 10.5. The molecule has 2 aromatic rings. The van der Waals surface area contributed by atoms with Crippen LogP contribution in [0.25, 0.3) is 0 Å². The average molecular weight is 512 g/mol. The minimum atomic E-state index is -0.585. The lowest BCUT2D eigenvalue weighted by Gasteiger charge is -2.40. The van der Waals surface area contributed by atoms with Crippen molar-refractivity contribution >= 4 is 34.8 Å². The summed E-state index contributed by atoms with van der Waals surface area (Å²) in [5, 5.41) is 0. The van der Waals surface area contributed by atoms with E-state index in [0.717, 1.165) is 9.26 Å². The number of hydrogen-bond donors (Lipinski definition) is 1. The van der Waals surface area contributed by atoms with Gasteiger partial charge in [-0.15, -0.1) is 0 Å². The van der Waals surface area contributed by atoms with Crippen LogP contribution < -0.4 is 0 Å². The third-order valence-corrected chi connectivity index (χ3v) is 4.90. The molecule has 1 aromatic carbocycles. The topological polar surface area (TPSA) is 87.8 Å². The van der Waals surface area contributed by atoms with E-state index in [1.807, 2.05) is 51.1 Å². The van der Waals surface area contributed by atoms with Crippen LogP contribution in [0.5, 0.6) is 0 Å². The Kier molecular flexibility index (Phi) is 6.66. The van der Waals surface area contributed by atoms with Crippen molar-refractivity contribution in [2.24, 2.45) is 0 Å². The SMILES string of the molecule is CC(C)(C)OC(=O)N1CCN(C(=O)OCc2ccccc2)C(c2ncc(I)[nH]2)C1. The Morgan fingerprint density at radius 1 is 1.21 bits per heavy atom. The van der Waals surface area contributed by atoms with Crippen LogP contribution >= 0.6 is 22.6 Å². The molecule has 1 atom stereocenters. The van der Waals surface area contributed by atoms with E-state index in [1.54, 1.807) is 16.0 Å². The van der Waals surface area contributed by atoms with Crippen molar-refractivity contribution < 1.29 is 19.1 Å². The fourth-order valence-corrected chi connectivity index (χ4v) is 3.43. The molecule has 0 spiro atoms. The molecule has 0 bridgehead atoms. The lowest BCUT2D eigenvalue weighted by atomic mass is 10.1. The molecule has 2 heterocycles. The maximum atomic E-state index is 12.8. The van der Waals surface area contributed by atoms with Crippen molar-refractivity contribution in [3.8, 4) is 0 Å². The number of ether oxygens (including phenoxy) is 2. The number of carbonyl (C=O) groups excluding carboxylic acids is 2. The molecule has 1 saturated heterocycles. The molecule has 1 N–H and O–H groups in total. The minimum absolute atomic E-state index is 0.189. The predicted molar refractivity (Wildman–Crippen MR) is 115 cm³/mol. The van der Waals surface area contributed by atoms with Crippen LogP contribution in [0.2, 0.25) is 0 Å². The van der Waals surface area contributed by atoms with Gasteiger partial charge >= 0.3 is 12.2 Å². The Labute approximate surface area is 183 Å². The molecular formula is C20H25IN4O4. The van der Waals surface area contributed by atoms with E-state index >= 15 is 0 Å². The number of benzene rings is 1. The first-order valence-electron chi connectivity index (χ1n) is 9.38. The van der Waals surface area contributed by atoms with E-state index in [1.165, 1.54) is 0 Å². The van der Waals surface area contributed by atoms with Gasteiger partial charge in [-0.25, -0.2) is 14.6 Å². The number of aromatic nitrogens is 2. The number of hydrogen-bond acceptors (Lipinski definition) is 5. The van der Waals surface area contributed by atoms with Crippen LogP contribution in [0.15, 0.2) is 36.5 Å². The molecule has 1 fully saturated rings. The first-order chi connectivity index (χ1) is 13.7. The number of aromatic amines is 1. The molecule has 8 nitrogen and oxygen atoms in total. The highest BCUT2D eigenvalue weighted by atomic mass is 127. The summed E-state index contributed by atoms with van der Waals surface area (Å²) in [4.78, 5) is 36.1. The van der Waals surface area contributed by atoms with Crippen molar-refractivity contribution in [3.63, 3.8) is 0 Å². The van der Waals surface area contributed by atoms with E-state index in [4.69, 9.17) is 9.47 Å². The summed E-state index contributed by atoms with van der Waals surface area (Å²) in [6, 6.07) is 9.07. The van der Waals surface area contributed by atoms with Crippen molar-refractivity contribution in [2.45, 2.75) is 39.0 Å². The zero-order chi connectivity index (χ0) is 21.0. The fourth-order valence-electron chi connectivity index (χ4n) is 3.01. The monoisotopic (exact) mass is 512 g/mol. The van der Waals surface area contributed by atoms with Crippen LogP contribution in [0.3, 0.4) is 0 Å². The van der Waals surface area contributed by atoms with Crippen LogP contribution in [0.4, 0.5) is 9.59 Å². The zero-order valence-corrected chi connectivity index (χ0v) is 18.9. The van der Waals surface area contributed by atoms with Gasteiger partial charge in [-0.3, -0.25) is 4.90 Å². The second kappa shape index (κ2) is 9.02. The second-order valence-electron chi connectivity index (χ2n) is 7.79. The van der Waals surface area contributed by atoms with Gasteiger partial charge in [0.05, 0.1) is 16.4 Å². The number of nitrogens with zero attached hydrogens (tertiary/aromatic N) is 3. The quantitative estimate of drug-likeness (QED) is 0.630. The maximum absolute atomic E-state index is 12.8. The molecule has 2 amide bonds. The molecular weight excluding hydrogens is 487 g/mol. The van der Waals surface area contributed by atoms with Gasteiger partial charge in [0.1, 0.15) is 24.1 Å². The molecule has 3 rings (SSSR count). The van der Waals surface area contributed by atoms with Gasteiger partial charge in [0.25, 0.3) is 0 Å². The number of rotatable bonds is 3. The van der Waals surface area contributed by atoms with Gasteiger partial charge < -0.3 is 19.4 Å². The summed E-state index contributed by atoms with van der Waals surface area (Å²) >= 11 is 2.12. The van der Waals surface area contributed by atoms with Gasteiger partial charge in [0, 0.05) is 13.1 Å². The van der Waals surface area contributed by atoms with Gasteiger partial charge in [0.15, 0.2) is 0 Å². The van der Waals surface area contributed by atoms with Crippen LogP contribution in [-0.4, -0.2) is 57.2 Å². The standard InChI is InChI=1S/C20H25IN4O4/c1-20(2,3)29-18(26)24-9-10-25(15(12-24)17-22-11-16(21)23-17)19(27)28-13-14-7-5-4-6-8-14/h4-8,11,15H,9-10,12-13H2,1-3H3,(H,22,23). The van der Waals surface area contributed by atoms with Crippen molar-refractivity contribution in [1.29, 1.82) is 0 Å². The predicted octanol–water partition coefficient (Wildman–Crippen LogP) is 3.94. The average Bonchev–Trinajstić information content (AvgIpc) is 3.11. The fraction of sp³-hybridized carbons (Fsp3) is 0.450. The van der Waals surface area contributed by atoms with Crippen molar-refractivity contribution in [2.75, 3.05) is 19.6 Å². The van der Waals surface area contributed by atoms with E-state index < -0.39 is 23.8 Å². The molecule has 1 aliphatic heterocycles. The number of imidazole rings is 1. The molecule has 0 aliphatic carbocycles. The summed E-state index contributed by atoms with van der Waals surface area (Å²) in [6.07, 6.45) is 0.852. The maximum Gasteiger partial charge on any atom is 0.410 e.